The van der Waals surface area contributed by atoms with Crippen LogP contribution in [0.3, 0.4) is 0 Å². The first kappa shape index (κ1) is 17.5. The SMILES string of the molecule is Cc1ccc(C(NC(=O)NCCOCC2CC2)c2ccccc2)cc1. The number of nitrogens with one attached hydrogen (secondary N) is 2. The molecule has 4 heteroatoms. The molecule has 1 aliphatic carbocycles. The van der Waals surface area contributed by atoms with Crippen LogP contribution in [0, 0.1) is 12.8 Å². The van der Waals surface area contributed by atoms with Gasteiger partial charge in [0.05, 0.1) is 12.6 Å². The van der Waals surface area contributed by atoms with Gasteiger partial charge in [0, 0.05) is 13.2 Å². The van der Waals surface area contributed by atoms with E-state index in [-0.39, 0.29) is 12.1 Å². The Balaban J connectivity index is 1.57. The molecule has 4 nitrogen and oxygen atoms in total. The number of aryl methyl sites for hydroxylation is 1. The van der Waals surface area contributed by atoms with Crippen LogP contribution in [-0.2, 0) is 4.74 Å². The lowest BCUT2D eigenvalue weighted by Gasteiger charge is -2.20. The molecule has 0 bridgehead atoms. The molecule has 0 heterocycles. The number of amides is 2. The van der Waals surface area contributed by atoms with E-state index in [2.05, 4.69) is 41.8 Å². The second-order valence-corrected chi connectivity index (χ2v) is 6.67. The summed E-state index contributed by atoms with van der Waals surface area (Å²) in [7, 11) is 0. The molecule has 1 atom stereocenters. The molecule has 1 unspecified atom stereocenters. The highest BCUT2D eigenvalue weighted by Gasteiger charge is 2.21. The van der Waals surface area contributed by atoms with Crippen molar-refractivity contribution in [1.29, 1.82) is 0 Å². The van der Waals surface area contributed by atoms with E-state index in [0.29, 0.717) is 13.2 Å². The Labute approximate surface area is 149 Å². The number of benzene rings is 2. The summed E-state index contributed by atoms with van der Waals surface area (Å²) in [5.74, 6) is 0.748. The summed E-state index contributed by atoms with van der Waals surface area (Å²) in [6.07, 6.45) is 2.56. The topological polar surface area (TPSA) is 50.4 Å². The second-order valence-electron chi connectivity index (χ2n) is 6.67. The number of carbonyl (C=O) groups is 1. The highest BCUT2D eigenvalue weighted by molar-refractivity contribution is 5.75. The third-order valence-corrected chi connectivity index (χ3v) is 4.40. The van der Waals surface area contributed by atoms with E-state index < -0.39 is 0 Å². The molecular formula is C21H26N2O2. The van der Waals surface area contributed by atoms with Crippen molar-refractivity contribution in [3.63, 3.8) is 0 Å². The first-order chi connectivity index (χ1) is 12.2. The van der Waals surface area contributed by atoms with E-state index in [0.717, 1.165) is 23.7 Å². The highest BCUT2D eigenvalue weighted by Crippen LogP contribution is 2.28. The number of rotatable bonds is 8. The van der Waals surface area contributed by atoms with Crippen molar-refractivity contribution in [3.05, 3.63) is 71.3 Å². The largest absolute Gasteiger partial charge is 0.379 e. The molecule has 1 aliphatic rings. The lowest BCUT2D eigenvalue weighted by atomic mass is 9.98. The van der Waals surface area contributed by atoms with Crippen molar-refractivity contribution >= 4 is 6.03 Å². The van der Waals surface area contributed by atoms with Crippen LogP contribution in [0.1, 0.15) is 35.6 Å². The maximum Gasteiger partial charge on any atom is 0.315 e. The second kappa shape index (κ2) is 8.67. The summed E-state index contributed by atoms with van der Waals surface area (Å²) in [5, 5.41) is 5.96. The van der Waals surface area contributed by atoms with Crippen LogP contribution in [0.25, 0.3) is 0 Å². The molecule has 1 fully saturated rings. The molecule has 0 aliphatic heterocycles. The van der Waals surface area contributed by atoms with Gasteiger partial charge in [-0.05, 0) is 36.8 Å². The monoisotopic (exact) mass is 338 g/mol. The van der Waals surface area contributed by atoms with Gasteiger partial charge in [0.1, 0.15) is 0 Å². The van der Waals surface area contributed by atoms with E-state index in [9.17, 15) is 4.79 Å². The van der Waals surface area contributed by atoms with E-state index in [4.69, 9.17) is 4.74 Å². The average Bonchev–Trinajstić information content (AvgIpc) is 3.45. The summed E-state index contributed by atoms with van der Waals surface area (Å²) >= 11 is 0. The minimum atomic E-state index is -0.176. The lowest BCUT2D eigenvalue weighted by Crippen LogP contribution is -2.39. The van der Waals surface area contributed by atoms with Crippen molar-refractivity contribution < 1.29 is 9.53 Å². The van der Waals surface area contributed by atoms with Crippen molar-refractivity contribution in [1.82, 2.24) is 10.6 Å². The van der Waals surface area contributed by atoms with Crippen LogP contribution >= 0.6 is 0 Å². The van der Waals surface area contributed by atoms with E-state index in [1.807, 2.05) is 30.3 Å². The van der Waals surface area contributed by atoms with Gasteiger partial charge in [-0.1, -0.05) is 60.2 Å². The van der Waals surface area contributed by atoms with Crippen molar-refractivity contribution in [2.45, 2.75) is 25.8 Å². The first-order valence-electron chi connectivity index (χ1n) is 8.96. The minimum Gasteiger partial charge on any atom is -0.379 e. The fourth-order valence-corrected chi connectivity index (χ4v) is 2.72. The van der Waals surface area contributed by atoms with Gasteiger partial charge in [-0.2, -0.15) is 0 Å². The molecule has 0 radical (unpaired) electrons. The Bertz CT molecular complexity index is 666. The number of carbonyl (C=O) groups excluding carboxylic acids is 1. The van der Waals surface area contributed by atoms with Gasteiger partial charge in [-0.15, -0.1) is 0 Å². The van der Waals surface area contributed by atoms with Crippen LogP contribution < -0.4 is 10.6 Å². The van der Waals surface area contributed by atoms with Crippen molar-refractivity contribution in [3.8, 4) is 0 Å². The number of urea groups is 1. The third-order valence-electron chi connectivity index (χ3n) is 4.40. The normalized spacial score (nSPS) is 14.8. The van der Waals surface area contributed by atoms with E-state index >= 15 is 0 Å². The summed E-state index contributed by atoms with van der Waals surface area (Å²) in [5.41, 5.74) is 3.33. The van der Waals surface area contributed by atoms with Gasteiger partial charge in [0.15, 0.2) is 0 Å². The predicted molar refractivity (Wildman–Crippen MR) is 99.5 cm³/mol. The third kappa shape index (κ3) is 5.61. The molecule has 0 saturated heterocycles. The van der Waals surface area contributed by atoms with Crippen LogP contribution in [0.5, 0.6) is 0 Å². The van der Waals surface area contributed by atoms with Gasteiger partial charge < -0.3 is 15.4 Å². The Hall–Kier alpha value is -2.33. The zero-order valence-electron chi connectivity index (χ0n) is 14.7. The summed E-state index contributed by atoms with van der Waals surface area (Å²) < 4.78 is 5.55. The molecule has 2 amide bonds. The van der Waals surface area contributed by atoms with Gasteiger partial charge in [0.2, 0.25) is 0 Å². The van der Waals surface area contributed by atoms with Crippen LogP contribution in [0.2, 0.25) is 0 Å². The van der Waals surface area contributed by atoms with E-state index in [1.165, 1.54) is 18.4 Å². The van der Waals surface area contributed by atoms with Crippen LogP contribution in [0.15, 0.2) is 54.6 Å². The maximum atomic E-state index is 12.3. The fraction of sp³-hybridized carbons (Fsp3) is 0.381. The number of hydrogen-bond donors (Lipinski definition) is 2. The molecular weight excluding hydrogens is 312 g/mol. The average molecular weight is 338 g/mol. The molecule has 2 aromatic carbocycles. The Morgan fingerprint density at radius 2 is 1.76 bits per heavy atom. The molecule has 132 valence electrons. The molecule has 25 heavy (non-hydrogen) atoms. The zero-order valence-corrected chi connectivity index (χ0v) is 14.7. The zero-order chi connectivity index (χ0) is 17.5. The highest BCUT2D eigenvalue weighted by atomic mass is 16.5. The smallest absolute Gasteiger partial charge is 0.315 e. The Morgan fingerprint density at radius 1 is 1.08 bits per heavy atom. The van der Waals surface area contributed by atoms with Crippen LogP contribution in [0.4, 0.5) is 4.79 Å². The predicted octanol–water partition coefficient (Wildman–Crippen LogP) is 3.81. The molecule has 2 N–H and O–H groups in total. The number of hydrogen-bond acceptors (Lipinski definition) is 2. The molecule has 1 saturated carbocycles. The number of ether oxygens (including phenoxy) is 1. The first-order valence-corrected chi connectivity index (χ1v) is 8.96. The molecule has 0 aromatic heterocycles. The minimum absolute atomic E-state index is 0.172. The van der Waals surface area contributed by atoms with Crippen LogP contribution in [-0.4, -0.2) is 25.8 Å². The van der Waals surface area contributed by atoms with E-state index in [1.54, 1.807) is 0 Å². The Kier molecular flexibility index (Phi) is 6.07. The summed E-state index contributed by atoms with van der Waals surface area (Å²) in [6.45, 7) is 3.96. The molecule has 3 rings (SSSR count). The van der Waals surface area contributed by atoms with Gasteiger partial charge in [0.25, 0.3) is 0 Å². The lowest BCUT2D eigenvalue weighted by molar-refractivity contribution is 0.127. The fourth-order valence-electron chi connectivity index (χ4n) is 2.72. The summed E-state index contributed by atoms with van der Waals surface area (Å²) in [4.78, 5) is 12.3. The molecule has 2 aromatic rings. The van der Waals surface area contributed by atoms with Gasteiger partial charge in [-0.25, -0.2) is 4.79 Å². The van der Waals surface area contributed by atoms with Gasteiger partial charge in [-0.3, -0.25) is 0 Å². The van der Waals surface area contributed by atoms with Crippen molar-refractivity contribution in [2.75, 3.05) is 19.8 Å². The maximum absolute atomic E-state index is 12.3. The quantitative estimate of drug-likeness (QED) is 0.719. The molecule has 0 spiro atoms. The Morgan fingerprint density at radius 3 is 2.44 bits per heavy atom. The standard InChI is InChI=1S/C21H26N2O2/c1-16-7-11-19(12-8-16)20(18-5-3-2-4-6-18)23-21(24)22-13-14-25-15-17-9-10-17/h2-8,11-12,17,20H,9-10,13-15H2,1H3,(H2,22,23,24). The van der Waals surface area contributed by atoms with Crippen molar-refractivity contribution in [2.24, 2.45) is 5.92 Å². The summed E-state index contributed by atoms with van der Waals surface area (Å²) in [6, 6.07) is 17.9. The van der Waals surface area contributed by atoms with Gasteiger partial charge >= 0.3 is 6.03 Å².